The highest BCUT2D eigenvalue weighted by Gasteiger charge is 2.26. The third kappa shape index (κ3) is 8.00. The molecule has 0 saturated carbocycles. The molecule has 0 fully saturated rings. The number of alkyl halides is 3. The molecule has 28 heavy (non-hydrogen) atoms. The van der Waals surface area contributed by atoms with Crippen molar-refractivity contribution >= 4 is 5.97 Å². The maximum Gasteiger partial charge on any atom is 0.389 e. The molecule has 0 heterocycles. The van der Waals surface area contributed by atoms with Crippen LogP contribution in [0.25, 0.3) is 0 Å². The number of rotatable bonds is 6. The maximum absolute atomic E-state index is 12.1. The summed E-state index contributed by atoms with van der Waals surface area (Å²) in [5.74, 6) is 6.46. The Balaban J connectivity index is 1.87. The standard InChI is InChI=1S/C22H19F3O3/c1-2-4-21(26)28-20-13-9-18(10-14-20)6-5-17-7-11-19(12-8-17)27-16-3-15-22(23,24)25/h2,4,7-14H,3,15-16H2,1H3. The van der Waals surface area contributed by atoms with Crippen LogP contribution in [0, 0.1) is 11.8 Å². The van der Waals surface area contributed by atoms with Crippen LogP contribution < -0.4 is 9.47 Å². The van der Waals surface area contributed by atoms with Crippen molar-refractivity contribution in [3.63, 3.8) is 0 Å². The summed E-state index contributed by atoms with van der Waals surface area (Å²) in [4.78, 5) is 11.4. The third-order valence-electron chi connectivity index (χ3n) is 3.45. The van der Waals surface area contributed by atoms with E-state index >= 15 is 0 Å². The zero-order valence-electron chi connectivity index (χ0n) is 15.3. The molecule has 0 aliphatic heterocycles. The molecule has 0 aliphatic rings. The molecule has 0 unspecified atom stereocenters. The lowest BCUT2D eigenvalue weighted by Gasteiger charge is -2.08. The fourth-order valence-electron chi connectivity index (χ4n) is 2.13. The molecule has 0 N–H and O–H groups in total. The van der Waals surface area contributed by atoms with Gasteiger partial charge in [0.05, 0.1) is 6.61 Å². The number of allylic oxidation sites excluding steroid dienone is 1. The number of carbonyl (C=O) groups is 1. The van der Waals surface area contributed by atoms with Crippen molar-refractivity contribution in [1.29, 1.82) is 0 Å². The Kier molecular flexibility index (Phi) is 7.70. The summed E-state index contributed by atoms with van der Waals surface area (Å²) < 4.78 is 46.6. The molecule has 3 nitrogen and oxygen atoms in total. The monoisotopic (exact) mass is 388 g/mol. The predicted octanol–water partition coefficient (Wildman–Crippen LogP) is 5.29. The molecule has 6 heteroatoms. The van der Waals surface area contributed by atoms with Crippen LogP contribution in [0.15, 0.2) is 60.7 Å². The van der Waals surface area contributed by atoms with Gasteiger partial charge in [-0.15, -0.1) is 0 Å². The van der Waals surface area contributed by atoms with Gasteiger partial charge < -0.3 is 9.47 Å². The summed E-state index contributed by atoms with van der Waals surface area (Å²) in [5.41, 5.74) is 1.49. The van der Waals surface area contributed by atoms with E-state index in [2.05, 4.69) is 11.8 Å². The Morgan fingerprint density at radius 2 is 1.50 bits per heavy atom. The zero-order chi connectivity index (χ0) is 20.4. The largest absolute Gasteiger partial charge is 0.494 e. The number of halogens is 3. The summed E-state index contributed by atoms with van der Waals surface area (Å²) in [6.45, 7) is 1.74. The van der Waals surface area contributed by atoms with Crippen LogP contribution in [-0.4, -0.2) is 18.8 Å². The minimum absolute atomic E-state index is 0.00943. The Morgan fingerprint density at radius 3 is 2.00 bits per heavy atom. The second kappa shape index (κ2) is 10.2. The average Bonchev–Trinajstić information content (AvgIpc) is 2.65. The number of carbonyl (C=O) groups excluding carboxylic acids is 1. The van der Waals surface area contributed by atoms with Crippen LogP contribution >= 0.6 is 0 Å². The van der Waals surface area contributed by atoms with Gasteiger partial charge in [0, 0.05) is 23.6 Å². The second-order valence-electron chi connectivity index (χ2n) is 5.79. The molecule has 2 aromatic carbocycles. The van der Waals surface area contributed by atoms with Gasteiger partial charge in [-0.1, -0.05) is 17.9 Å². The fraction of sp³-hybridized carbons (Fsp3) is 0.227. The van der Waals surface area contributed by atoms with Crippen LogP contribution in [-0.2, 0) is 4.79 Å². The highest BCUT2D eigenvalue weighted by atomic mass is 19.4. The van der Waals surface area contributed by atoms with E-state index in [1.165, 1.54) is 6.08 Å². The van der Waals surface area contributed by atoms with E-state index in [-0.39, 0.29) is 13.0 Å². The molecule has 0 radical (unpaired) electrons. The smallest absolute Gasteiger partial charge is 0.389 e. The molecule has 0 aliphatic carbocycles. The first kappa shape index (κ1) is 21.1. The normalized spacial score (nSPS) is 11.0. The molecule has 0 aromatic heterocycles. The van der Waals surface area contributed by atoms with E-state index < -0.39 is 18.6 Å². The Bertz CT molecular complexity index is 855. The lowest BCUT2D eigenvalue weighted by atomic mass is 10.2. The minimum atomic E-state index is -4.16. The van der Waals surface area contributed by atoms with Gasteiger partial charge in [0.2, 0.25) is 0 Å². The summed E-state index contributed by atoms with van der Waals surface area (Å²) in [7, 11) is 0. The van der Waals surface area contributed by atoms with E-state index in [0.717, 1.165) is 11.1 Å². The van der Waals surface area contributed by atoms with Gasteiger partial charge in [-0.2, -0.15) is 13.2 Å². The molecule has 0 bridgehead atoms. The van der Waals surface area contributed by atoms with Crippen molar-refractivity contribution < 1.29 is 27.4 Å². The van der Waals surface area contributed by atoms with Crippen LogP contribution in [0.4, 0.5) is 13.2 Å². The third-order valence-corrected chi connectivity index (χ3v) is 3.45. The number of hydrogen-bond acceptors (Lipinski definition) is 3. The van der Waals surface area contributed by atoms with Gasteiger partial charge in [-0.3, -0.25) is 0 Å². The molecule has 146 valence electrons. The average molecular weight is 388 g/mol. The first-order valence-corrected chi connectivity index (χ1v) is 8.62. The lowest BCUT2D eigenvalue weighted by Crippen LogP contribution is -2.09. The van der Waals surface area contributed by atoms with E-state index in [9.17, 15) is 18.0 Å². The number of hydrogen-bond donors (Lipinski definition) is 0. The number of ether oxygens (including phenoxy) is 2. The van der Waals surface area contributed by atoms with Gasteiger partial charge in [-0.05, 0) is 61.9 Å². The molecular formula is C22H19F3O3. The second-order valence-corrected chi connectivity index (χ2v) is 5.79. The van der Waals surface area contributed by atoms with Crippen molar-refractivity contribution in [3.05, 3.63) is 71.8 Å². The van der Waals surface area contributed by atoms with Crippen LogP contribution in [0.3, 0.4) is 0 Å². The first-order valence-electron chi connectivity index (χ1n) is 8.62. The molecule has 0 saturated heterocycles. The van der Waals surface area contributed by atoms with Crippen molar-refractivity contribution in [2.24, 2.45) is 0 Å². The van der Waals surface area contributed by atoms with Crippen molar-refractivity contribution in [3.8, 4) is 23.3 Å². The predicted molar refractivity (Wildman–Crippen MR) is 100 cm³/mol. The highest BCUT2D eigenvalue weighted by Crippen LogP contribution is 2.21. The topological polar surface area (TPSA) is 35.5 Å². The molecule has 0 atom stereocenters. The Morgan fingerprint density at radius 1 is 0.964 bits per heavy atom. The van der Waals surface area contributed by atoms with Crippen molar-refractivity contribution in [2.75, 3.05) is 6.61 Å². The molecule has 2 aromatic rings. The Hall–Kier alpha value is -3.20. The maximum atomic E-state index is 12.1. The summed E-state index contributed by atoms with van der Waals surface area (Å²) in [6, 6.07) is 13.6. The van der Waals surface area contributed by atoms with Crippen LogP contribution in [0.1, 0.15) is 30.9 Å². The molecule has 0 spiro atoms. The molecular weight excluding hydrogens is 369 g/mol. The summed E-state index contributed by atoms with van der Waals surface area (Å²) in [5, 5.41) is 0. The highest BCUT2D eigenvalue weighted by molar-refractivity contribution is 5.83. The first-order chi connectivity index (χ1) is 13.4. The van der Waals surface area contributed by atoms with Crippen LogP contribution in [0.5, 0.6) is 11.5 Å². The van der Waals surface area contributed by atoms with E-state index in [1.807, 2.05) is 0 Å². The van der Waals surface area contributed by atoms with Gasteiger partial charge in [0.25, 0.3) is 0 Å². The Labute approximate surface area is 161 Å². The quantitative estimate of drug-likeness (QED) is 0.222. The zero-order valence-corrected chi connectivity index (χ0v) is 15.3. The molecule has 0 amide bonds. The van der Waals surface area contributed by atoms with E-state index in [1.54, 1.807) is 61.5 Å². The van der Waals surface area contributed by atoms with Gasteiger partial charge in [0.1, 0.15) is 11.5 Å². The fourth-order valence-corrected chi connectivity index (χ4v) is 2.13. The SMILES string of the molecule is CC=CC(=O)Oc1ccc(C#Cc2ccc(OCCCC(F)(F)F)cc2)cc1. The molecule has 2 rings (SSSR count). The lowest BCUT2D eigenvalue weighted by molar-refractivity contribution is -0.136. The van der Waals surface area contributed by atoms with Gasteiger partial charge in [-0.25, -0.2) is 4.79 Å². The summed E-state index contributed by atoms with van der Waals surface area (Å²) >= 11 is 0. The number of esters is 1. The van der Waals surface area contributed by atoms with E-state index in [4.69, 9.17) is 9.47 Å². The van der Waals surface area contributed by atoms with Crippen molar-refractivity contribution in [2.45, 2.75) is 25.9 Å². The summed E-state index contributed by atoms with van der Waals surface area (Å²) in [6.07, 6.45) is -2.16. The van der Waals surface area contributed by atoms with Crippen LogP contribution in [0.2, 0.25) is 0 Å². The van der Waals surface area contributed by atoms with Gasteiger partial charge in [0.15, 0.2) is 0 Å². The van der Waals surface area contributed by atoms with Crippen molar-refractivity contribution in [1.82, 2.24) is 0 Å². The van der Waals surface area contributed by atoms with Gasteiger partial charge >= 0.3 is 12.1 Å². The minimum Gasteiger partial charge on any atom is -0.494 e. The van der Waals surface area contributed by atoms with E-state index in [0.29, 0.717) is 11.5 Å². The number of benzene rings is 2.